The van der Waals surface area contributed by atoms with Crippen molar-refractivity contribution in [3.63, 3.8) is 0 Å². The third-order valence-corrected chi connectivity index (χ3v) is 4.54. The van der Waals surface area contributed by atoms with E-state index in [2.05, 4.69) is 10.2 Å². The third-order valence-electron chi connectivity index (χ3n) is 4.54. The number of nitrogens with one attached hydrogen (secondary N) is 1. The average Bonchev–Trinajstić information content (AvgIpc) is 3.10. The summed E-state index contributed by atoms with van der Waals surface area (Å²) < 4.78 is 16.6. The van der Waals surface area contributed by atoms with E-state index in [1.807, 2.05) is 0 Å². The molecule has 21 heavy (non-hydrogen) atoms. The number of carbonyl (C=O) groups excluding carboxylic acids is 1. The van der Waals surface area contributed by atoms with Gasteiger partial charge in [-0.15, -0.1) is 0 Å². The smallest absolute Gasteiger partial charge is 0.235 e. The summed E-state index contributed by atoms with van der Waals surface area (Å²) in [5, 5.41) is 2.77. The molecule has 1 fully saturated rings. The maximum atomic E-state index is 15.0. The summed E-state index contributed by atoms with van der Waals surface area (Å²) in [7, 11) is 1.74. The fourth-order valence-electron chi connectivity index (χ4n) is 3.19. The number of rotatable bonds is 1. The van der Waals surface area contributed by atoms with E-state index >= 15 is 0 Å². The van der Waals surface area contributed by atoms with Gasteiger partial charge < -0.3 is 10.2 Å². The molecular formula is C16H12FN3O. The molecule has 1 N–H and O–H groups in total. The Morgan fingerprint density at radius 2 is 2.10 bits per heavy atom. The molecule has 0 bridgehead atoms. The summed E-state index contributed by atoms with van der Waals surface area (Å²) in [6.45, 7) is 7.09. The lowest BCUT2D eigenvalue weighted by atomic mass is 9.94. The van der Waals surface area contributed by atoms with Crippen molar-refractivity contribution in [3.8, 4) is 11.3 Å². The number of amides is 1. The van der Waals surface area contributed by atoms with Gasteiger partial charge in [-0.1, -0.05) is 6.57 Å². The van der Waals surface area contributed by atoms with Gasteiger partial charge in [0, 0.05) is 11.3 Å². The van der Waals surface area contributed by atoms with Crippen molar-refractivity contribution < 1.29 is 9.18 Å². The number of aromatic nitrogens is 1. The number of hydrogen-bond donors (Lipinski definition) is 1. The van der Waals surface area contributed by atoms with Crippen LogP contribution in [0.4, 0.5) is 15.9 Å². The Kier molecular flexibility index (Phi) is 2.16. The van der Waals surface area contributed by atoms with Gasteiger partial charge in [0.05, 0.1) is 18.0 Å². The highest BCUT2D eigenvalue weighted by molar-refractivity contribution is 6.08. The van der Waals surface area contributed by atoms with Crippen molar-refractivity contribution >= 4 is 17.4 Å². The van der Waals surface area contributed by atoms with E-state index in [1.165, 1.54) is 0 Å². The molecule has 1 aromatic carbocycles. The third kappa shape index (κ3) is 1.39. The Labute approximate surface area is 121 Å². The summed E-state index contributed by atoms with van der Waals surface area (Å²) in [4.78, 5) is 15.4. The number of halogens is 1. The molecule has 0 unspecified atom stereocenters. The minimum absolute atomic E-state index is 0.0951. The van der Waals surface area contributed by atoms with Gasteiger partial charge in [0.1, 0.15) is 11.5 Å². The molecular weight excluding hydrogens is 269 g/mol. The predicted octanol–water partition coefficient (Wildman–Crippen LogP) is 3.37. The molecule has 5 heteroatoms. The topological polar surface area (TPSA) is 38.4 Å². The number of anilines is 1. The molecule has 2 heterocycles. The van der Waals surface area contributed by atoms with Crippen LogP contribution in [-0.2, 0) is 17.3 Å². The lowest BCUT2D eigenvalue weighted by Crippen LogP contribution is -2.19. The number of hydrogen-bond acceptors (Lipinski definition) is 1. The first kappa shape index (κ1) is 12.2. The van der Waals surface area contributed by atoms with Crippen molar-refractivity contribution in [2.75, 3.05) is 5.32 Å². The van der Waals surface area contributed by atoms with Gasteiger partial charge in [0.2, 0.25) is 11.7 Å². The van der Waals surface area contributed by atoms with Crippen LogP contribution in [0.25, 0.3) is 16.1 Å². The normalized spacial score (nSPS) is 17.5. The summed E-state index contributed by atoms with van der Waals surface area (Å²) in [5.41, 5.74) is 1.52. The van der Waals surface area contributed by atoms with Crippen LogP contribution in [-0.4, -0.2) is 10.5 Å². The lowest BCUT2D eigenvalue weighted by molar-refractivity contribution is -0.117. The van der Waals surface area contributed by atoms with Gasteiger partial charge in [-0.2, -0.15) is 0 Å². The van der Waals surface area contributed by atoms with E-state index in [-0.39, 0.29) is 11.7 Å². The van der Waals surface area contributed by atoms with Crippen LogP contribution in [0, 0.1) is 12.4 Å². The SMILES string of the molecule is [C-]#[N+]c1ccc(-c2ccc3c(c2F)C2(CC2)C(=O)N3)n1C. The van der Waals surface area contributed by atoms with Gasteiger partial charge in [-0.05, 0) is 37.1 Å². The highest BCUT2D eigenvalue weighted by Gasteiger charge is 2.58. The second kappa shape index (κ2) is 3.73. The van der Waals surface area contributed by atoms with Crippen LogP contribution in [0.1, 0.15) is 18.4 Å². The van der Waals surface area contributed by atoms with E-state index in [0.717, 1.165) is 0 Å². The second-order valence-corrected chi connectivity index (χ2v) is 5.63. The summed E-state index contributed by atoms with van der Waals surface area (Å²) >= 11 is 0. The fourth-order valence-corrected chi connectivity index (χ4v) is 3.19. The fraction of sp³-hybridized carbons (Fsp3) is 0.250. The van der Waals surface area contributed by atoms with Crippen LogP contribution < -0.4 is 5.32 Å². The number of benzene rings is 1. The minimum Gasteiger partial charge on any atom is -0.364 e. The van der Waals surface area contributed by atoms with Crippen molar-refractivity contribution in [3.05, 3.63) is 47.1 Å². The quantitative estimate of drug-likeness (QED) is 0.800. The van der Waals surface area contributed by atoms with E-state index in [4.69, 9.17) is 6.57 Å². The van der Waals surface area contributed by atoms with Crippen molar-refractivity contribution in [2.24, 2.45) is 7.05 Å². The first-order chi connectivity index (χ1) is 10.1. The lowest BCUT2D eigenvalue weighted by Gasteiger charge is -2.10. The molecule has 0 atom stereocenters. The molecule has 0 saturated heterocycles. The molecule has 1 spiro atoms. The van der Waals surface area contributed by atoms with Crippen LogP contribution >= 0.6 is 0 Å². The monoisotopic (exact) mass is 281 g/mol. The maximum absolute atomic E-state index is 15.0. The Bertz CT molecular complexity index is 840. The first-order valence-electron chi connectivity index (χ1n) is 6.76. The molecule has 4 rings (SSSR count). The number of fused-ring (bicyclic) bond motifs is 2. The average molecular weight is 281 g/mol. The van der Waals surface area contributed by atoms with E-state index in [9.17, 15) is 9.18 Å². The molecule has 1 amide bonds. The molecule has 104 valence electrons. The predicted molar refractivity (Wildman–Crippen MR) is 76.6 cm³/mol. The molecule has 4 nitrogen and oxygen atoms in total. The van der Waals surface area contributed by atoms with Gasteiger partial charge in [0.25, 0.3) is 0 Å². The van der Waals surface area contributed by atoms with Crippen molar-refractivity contribution in [1.82, 2.24) is 4.57 Å². The van der Waals surface area contributed by atoms with E-state index < -0.39 is 5.41 Å². The van der Waals surface area contributed by atoms with Crippen molar-refractivity contribution in [1.29, 1.82) is 0 Å². The molecule has 2 aromatic rings. The standard InChI is InChI=1S/C16H12FN3O/c1-18-12-6-5-11(20(12)2)9-3-4-10-13(14(9)17)16(7-8-16)15(21)19-10/h3-6H,7-8H2,2H3,(H,19,21). The molecule has 1 saturated carbocycles. The number of carbonyl (C=O) groups is 1. The summed E-state index contributed by atoms with van der Waals surface area (Å²) in [6, 6.07) is 6.83. The van der Waals surface area contributed by atoms with Crippen LogP contribution in [0.2, 0.25) is 0 Å². The molecule has 2 aliphatic rings. The van der Waals surface area contributed by atoms with Crippen LogP contribution in [0.3, 0.4) is 0 Å². The molecule has 1 aliphatic heterocycles. The molecule has 1 aromatic heterocycles. The van der Waals surface area contributed by atoms with Gasteiger partial charge in [0.15, 0.2) is 0 Å². The van der Waals surface area contributed by atoms with Gasteiger partial charge in [-0.3, -0.25) is 9.36 Å². The Hall–Kier alpha value is -2.61. The highest BCUT2D eigenvalue weighted by Crippen LogP contribution is 2.56. The van der Waals surface area contributed by atoms with E-state index in [1.54, 1.807) is 35.9 Å². The Morgan fingerprint density at radius 3 is 2.71 bits per heavy atom. The Balaban J connectivity index is 1.94. The zero-order valence-electron chi connectivity index (χ0n) is 11.4. The van der Waals surface area contributed by atoms with Crippen molar-refractivity contribution in [2.45, 2.75) is 18.3 Å². The Morgan fingerprint density at radius 1 is 1.33 bits per heavy atom. The first-order valence-corrected chi connectivity index (χ1v) is 6.76. The zero-order valence-corrected chi connectivity index (χ0v) is 11.4. The van der Waals surface area contributed by atoms with Crippen LogP contribution in [0.5, 0.6) is 0 Å². The largest absolute Gasteiger partial charge is 0.364 e. The molecule has 0 radical (unpaired) electrons. The number of nitrogens with zero attached hydrogens (tertiary/aromatic N) is 2. The molecule has 1 aliphatic carbocycles. The zero-order chi connectivity index (χ0) is 14.8. The maximum Gasteiger partial charge on any atom is 0.235 e. The van der Waals surface area contributed by atoms with E-state index in [0.29, 0.717) is 41.2 Å². The second-order valence-electron chi connectivity index (χ2n) is 5.63. The summed E-state index contributed by atoms with van der Waals surface area (Å²) in [6.07, 6.45) is 1.40. The van der Waals surface area contributed by atoms with Gasteiger partial charge >= 0.3 is 0 Å². The minimum atomic E-state index is -0.650. The summed E-state index contributed by atoms with van der Waals surface area (Å²) in [5.74, 6) is 0.0172. The van der Waals surface area contributed by atoms with Gasteiger partial charge in [-0.25, -0.2) is 4.39 Å². The van der Waals surface area contributed by atoms with Crippen LogP contribution in [0.15, 0.2) is 24.3 Å². The highest BCUT2D eigenvalue weighted by atomic mass is 19.1.